The first-order chi connectivity index (χ1) is 8.30. The molecule has 0 fully saturated rings. The number of aromatic nitrogens is 1. The molecule has 0 aliphatic heterocycles. The van der Waals surface area contributed by atoms with E-state index in [-0.39, 0.29) is 0 Å². The van der Waals surface area contributed by atoms with Gasteiger partial charge in [0.25, 0.3) is 0 Å². The maximum atomic E-state index is 4.99. The molecule has 0 aromatic carbocycles. The molecule has 0 bridgehead atoms. The molecule has 0 radical (unpaired) electrons. The molecule has 0 aliphatic carbocycles. The van der Waals surface area contributed by atoms with Crippen LogP contribution < -0.4 is 5.32 Å². The molecule has 17 heavy (non-hydrogen) atoms. The van der Waals surface area contributed by atoms with Crippen molar-refractivity contribution in [1.29, 1.82) is 0 Å². The van der Waals surface area contributed by atoms with E-state index in [4.69, 9.17) is 4.74 Å². The van der Waals surface area contributed by atoms with Gasteiger partial charge >= 0.3 is 0 Å². The van der Waals surface area contributed by atoms with E-state index in [1.165, 1.54) is 9.88 Å². The first-order valence-electron chi connectivity index (χ1n) is 6.15. The van der Waals surface area contributed by atoms with Crippen LogP contribution in [0.3, 0.4) is 0 Å². The van der Waals surface area contributed by atoms with E-state index in [1.807, 2.05) is 6.20 Å². The van der Waals surface area contributed by atoms with E-state index < -0.39 is 0 Å². The number of nitrogens with one attached hydrogen (secondary N) is 1. The third-order valence-electron chi connectivity index (χ3n) is 2.64. The van der Waals surface area contributed by atoms with Crippen LogP contribution in [0.1, 0.15) is 23.7 Å². The number of ether oxygens (including phenoxy) is 1. The number of thiazole rings is 1. The molecular weight excluding hydrogens is 234 g/mol. The van der Waals surface area contributed by atoms with Crippen molar-refractivity contribution in [1.82, 2.24) is 15.2 Å². The molecular formula is C12H23N3OS. The number of nitrogens with zero attached hydrogens (tertiary/aromatic N) is 2. The fraction of sp³-hybridized carbons (Fsp3) is 0.750. The van der Waals surface area contributed by atoms with Crippen LogP contribution in [0.25, 0.3) is 0 Å². The van der Waals surface area contributed by atoms with Crippen LogP contribution in [0.5, 0.6) is 0 Å². The Morgan fingerprint density at radius 1 is 1.41 bits per heavy atom. The third-order valence-corrected chi connectivity index (χ3v) is 3.62. The smallest absolute Gasteiger partial charge is 0.107 e. The maximum Gasteiger partial charge on any atom is 0.107 e. The van der Waals surface area contributed by atoms with Gasteiger partial charge in [0, 0.05) is 31.3 Å². The van der Waals surface area contributed by atoms with Gasteiger partial charge in [-0.1, -0.05) is 13.8 Å². The van der Waals surface area contributed by atoms with E-state index in [2.05, 4.69) is 29.0 Å². The predicted molar refractivity (Wildman–Crippen MR) is 72.3 cm³/mol. The van der Waals surface area contributed by atoms with Gasteiger partial charge in [-0.15, -0.1) is 11.3 Å². The van der Waals surface area contributed by atoms with Crippen molar-refractivity contribution >= 4 is 11.3 Å². The summed E-state index contributed by atoms with van der Waals surface area (Å²) in [7, 11) is 1.72. The molecule has 4 nitrogen and oxygen atoms in total. The van der Waals surface area contributed by atoms with Crippen LogP contribution in [0, 0.1) is 0 Å². The fourth-order valence-corrected chi connectivity index (χ4v) is 2.46. The van der Waals surface area contributed by atoms with E-state index in [0.29, 0.717) is 0 Å². The average molecular weight is 257 g/mol. The lowest BCUT2D eigenvalue weighted by molar-refractivity contribution is 0.199. The summed E-state index contributed by atoms with van der Waals surface area (Å²) in [5.41, 5.74) is 0. The molecule has 1 N–H and O–H groups in total. The maximum absolute atomic E-state index is 4.99. The monoisotopic (exact) mass is 257 g/mol. The minimum Gasteiger partial charge on any atom is -0.383 e. The first kappa shape index (κ1) is 14.6. The van der Waals surface area contributed by atoms with Crippen LogP contribution in [0.2, 0.25) is 0 Å². The highest BCUT2D eigenvalue weighted by Crippen LogP contribution is 2.14. The molecule has 98 valence electrons. The Bertz CT molecular complexity index is 300. The summed E-state index contributed by atoms with van der Waals surface area (Å²) in [6.45, 7) is 10.0. The van der Waals surface area contributed by atoms with Crippen LogP contribution in [0.15, 0.2) is 6.20 Å². The topological polar surface area (TPSA) is 37.4 Å². The highest BCUT2D eigenvalue weighted by Gasteiger charge is 2.05. The standard InChI is InChI=1S/C12H23N3OS/c1-4-15(5-2)10-12-14-9-11(17-12)8-13-6-7-16-3/h9,13H,4-8,10H2,1-3H3. The zero-order valence-electron chi connectivity index (χ0n) is 11.0. The Balaban J connectivity index is 2.32. The Morgan fingerprint density at radius 3 is 2.82 bits per heavy atom. The van der Waals surface area contributed by atoms with Gasteiger partial charge in [0.15, 0.2) is 0 Å². The Hall–Kier alpha value is -0.490. The lowest BCUT2D eigenvalue weighted by Crippen LogP contribution is -2.21. The molecule has 5 heteroatoms. The van der Waals surface area contributed by atoms with Crippen molar-refractivity contribution in [3.63, 3.8) is 0 Å². The van der Waals surface area contributed by atoms with Gasteiger partial charge in [-0.25, -0.2) is 4.98 Å². The number of hydrogen-bond acceptors (Lipinski definition) is 5. The molecule has 0 atom stereocenters. The van der Waals surface area contributed by atoms with E-state index in [0.717, 1.165) is 39.3 Å². The van der Waals surface area contributed by atoms with Gasteiger partial charge in [-0.2, -0.15) is 0 Å². The van der Waals surface area contributed by atoms with Gasteiger partial charge in [0.2, 0.25) is 0 Å². The molecule has 1 rings (SSSR count). The van der Waals surface area contributed by atoms with E-state index >= 15 is 0 Å². The third kappa shape index (κ3) is 5.59. The summed E-state index contributed by atoms with van der Waals surface area (Å²) < 4.78 is 4.99. The fourth-order valence-electron chi connectivity index (χ4n) is 1.53. The molecule has 0 amide bonds. The summed E-state index contributed by atoms with van der Waals surface area (Å²) >= 11 is 1.79. The summed E-state index contributed by atoms with van der Waals surface area (Å²) in [5.74, 6) is 0. The highest BCUT2D eigenvalue weighted by molar-refractivity contribution is 7.11. The normalized spacial score (nSPS) is 11.3. The minimum atomic E-state index is 0.755. The lowest BCUT2D eigenvalue weighted by atomic mass is 10.5. The average Bonchev–Trinajstić information content (AvgIpc) is 2.79. The Kier molecular flexibility index (Phi) is 7.35. The minimum absolute atomic E-state index is 0.755. The second kappa shape index (κ2) is 8.58. The van der Waals surface area contributed by atoms with Crippen LogP contribution >= 0.6 is 11.3 Å². The molecule has 1 heterocycles. The molecule has 0 unspecified atom stereocenters. The Labute approximate surface area is 108 Å². The highest BCUT2D eigenvalue weighted by atomic mass is 32.1. The van der Waals surface area contributed by atoms with Crippen molar-refractivity contribution in [2.24, 2.45) is 0 Å². The van der Waals surface area contributed by atoms with Crippen LogP contribution in [-0.2, 0) is 17.8 Å². The van der Waals surface area contributed by atoms with Gasteiger partial charge in [-0.3, -0.25) is 4.90 Å². The SMILES string of the molecule is CCN(CC)Cc1ncc(CNCCOC)s1. The molecule has 0 aliphatic rings. The molecule has 1 aromatic rings. The second-order valence-electron chi connectivity index (χ2n) is 3.85. The van der Waals surface area contributed by atoms with Gasteiger partial charge in [0.1, 0.15) is 5.01 Å². The lowest BCUT2D eigenvalue weighted by Gasteiger charge is -2.15. The van der Waals surface area contributed by atoms with Crippen molar-refractivity contribution in [2.75, 3.05) is 33.4 Å². The Morgan fingerprint density at radius 2 is 2.18 bits per heavy atom. The zero-order valence-corrected chi connectivity index (χ0v) is 11.8. The summed E-state index contributed by atoms with van der Waals surface area (Å²) in [6, 6.07) is 0. The molecule has 0 spiro atoms. The van der Waals surface area contributed by atoms with Crippen molar-refractivity contribution < 1.29 is 4.74 Å². The summed E-state index contributed by atoms with van der Waals surface area (Å²) in [5, 5.41) is 4.53. The number of rotatable bonds is 9. The molecule has 0 saturated heterocycles. The van der Waals surface area contributed by atoms with Crippen LogP contribution in [0.4, 0.5) is 0 Å². The van der Waals surface area contributed by atoms with Crippen LogP contribution in [-0.4, -0.2) is 43.2 Å². The van der Waals surface area contributed by atoms with E-state index in [9.17, 15) is 0 Å². The number of hydrogen-bond donors (Lipinski definition) is 1. The van der Waals surface area contributed by atoms with Crippen molar-refractivity contribution in [3.05, 3.63) is 16.1 Å². The van der Waals surface area contributed by atoms with Crippen molar-refractivity contribution in [2.45, 2.75) is 26.9 Å². The largest absolute Gasteiger partial charge is 0.383 e. The van der Waals surface area contributed by atoms with Gasteiger partial charge in [-0.05, 0) is 13.1 Å². The molecule has 1 aromatic heterocycles. The quantitative estimate of drug-likeness (QED) is 0.684. The van der Waals surface area contributed by atoms with Gasteiger partial charge in [0.05, 0.1) is 13.2 Å². The zero-order chi connectivity index (χ0) is 12.5. The summed E-state index contributed by atoms with van der Waals surface area (Å²) in [4.78, 5) is 8.13. The first-order valence-corrected chi connectivity index (χ1v) is 6.97. The number of methoxy groups -OCH3 is 1. The van der Waals surface area contributed by atoms with Gasteiger partial charge < -0.3 is 10.1 Å². The predicted octanol–water partition coefficient (Wildman–Crippen LogP) is 1.72. The summed E-state index contributed by atoms with van der Waals surface area (Å²) in [6.07, 6.45) is 1.98. The van der Waals surface area contributed by atoms with Crippen molar-refractivity contribution in [3.8, 4) is 0 Å². The second-order valence-corrected chi connectivity index (χ2v) is 5.05. The molecule has 0 saturated carbocycles. The van der Waals surface area contributed by atoms with E-state index in [1.54, 1.807) is 18.4 Å².